The second-order valence-corrected chi connectivity index (χ2v) is 5.86. The summed E-state index contributed by atoms with van der Waals surface area (Å²) >= 11 is 0. The van der Waals surface area contributed by atoms with Crippen LogP contribution in [0.4, 0.5) is 5.69 Å². The molecule has 0 saturated carbocycles. The van der Waals surface area contributed by atoms with Crippen molar-refractivity contribution in [1.29, 1.82) is 0 Å². The van der Waals surface area contributed by atoms with E-state index in [0.29, 0.717) is 53.9 Å². The van der Waals surface area contributed by atoms with Crippen molar-refractivity contribution in [2.45, 2.75) is 27.7 Å². The predicted octanol–water partition coefficient (Wildman–Crippen LogP) is 4.31. The maximum atomic E-state index is 12.8. The van der Waals surface area contributed by atoms with Crippen molar-refractivity contribution in [3.8, 4) is 17.2 Å². The van der Waals surface area contributed by atoms with E-state index in [4.69, 9.17) is 18.9 Å². The van der Waals surface area contributed by atoms with Gasteiger partial charge in [-0.25, -0.2) is 4.79 Å². The summed E-state index contributed by atoms with van der Waals surface area (Å²) in [5.41, 5.74) is 1.19. The van der Waals surface area contributed by atoms with Gasteiger partial charge < -0.3 is 24.3 Å². The fourth-order valence-corrected chi connectivity index (χ4v) is 2.66. The molecule has 2 rings (SSSR count). The standard InChI is InChI=1S/C22H27NO6/c1-5-26-18-13-16(14-19(27-6-2)20(18)28-7-3)21(24)23-17-11-9-10-15(12-17)22(25)29-8-4/h9-14H,5-8H2,1-4H3,(H,23,24). The minimum Gasteiger partial charge on any atom is -0.490 e. The minimum atomic E-state index is -0.443. The highest BCUT2D eigenvalue weighted by Gasteiger charge is 2.19. The van der Waals surface area contributed by atoms with Gasteiger partial charge in [-0.1, -0.05) is 6.07 Å². The largest absolute Gasteiger partial charge is 0.490 e. The van der Waals surface area contributed by atoms with Crippen molar-refractivity contribution in [3.05, 3.63) is 47.5 Å². The number of benzene rings is 2. The maximum absolute atomic E-state index is 12.8. The van der Waals surface area contributed by atoms with Crippen LogP contribution in [0.15, 0.2) is 36.4 Å². The first-order valence-corrected chi connectivity index (χ1v) is 9.68. The molecule has 0 aromatic heterocycles. The van der Waals surface area contributed by atoms with Crippen molar-refractivity contribution < 1.29 is 28.5 Å². The highest BCUT2D eigenvalue weighted by molar-refractivity contribution is 6.05. The Kier molecular flexibility index (Phi) is 8.33. The average Bonchev–Trinajstić information content (AvgIpc) is 2.71. The fraction of sp³-hybridized carbons (Fsp3) is 0.364. The number of amides is 1. The molecule has 2 aromatic rings. The van der Waals surface area contributed by atoms with Crippen LogP contribution in [0, 0.1) is 0 Å². The van der Waals surface area contributed by atoms with Crippen molar-refractivity contribution in [1.82, 2.24) is 0 Å². The van der Waals surface area contributed by atoms with E-state index < -0.39 is 5.97 Å². The molecule has 0 radical (unpaired) electrons. The van der Waals surface area contributed by atoms with Crippen molar-refractivity contribution >= 4 is 17.6 Å². The van der Waals surface area contributed by atoms with Gasteiger partial charge in [-0.05, 0) is 58.0 Å². The first-order valence-electron chi connectivity index (χ1n) is 9.68. The molecule has 1 amide bonds. The molecule has 0 aliphatic rings. The Morgan fingerprint density at radius 3 is 1.97 bits per heavy atom. The summed E-state index contributed by atoms with van der Waals surface area (Å²) in [4.78, 5) is 24.7. The van der Waals surface area contributed by atoms with Crippen LogP contribution in [0.2, 0.25) is 0 Å². The number of hydrogen-bond acceptors (Lipinski definition) is 6. The molecule has 156 valence electrons. The summed E-state index contributed by atoms with van der Waals surface area (Å²) in [5, 5.41) is 2.79. The summed E-state index contributed by atoms with van der Waals surface area (Å²) in [6, 6.07) is 9.80. The van der Waals surface area contributed by atoms with Crippen LogP contribution in [-0.2, 0) is 4.74 Å². The van der Waals surface area contributed by atoms with Gasteiger partial charge in [-0.3, -0.25) is 4.79 Å². The van der Waals surface area contributed by atoms with Crippen LogP contribution in [0.1, 0.15) is 48.4 Å². The summed E-state index contributed by atoms with van der Waals surface area (Å²) in [6.45, 7) is 8.85. The van der Waals surface area contributed by atoms with Gasteiger partial charge in [0.05, 0.1) is 32.0 Å². The van der Waals surface area contributed by atoms with Gasteiger partial charge in [0, 0.05) is 11.3 Å². The molecule has 0 unspecified atom stereocenters. The number of rotatable bonds is 10. The fourth-order valence-electron chi connectivity index (χ4n) is 2.66. The van der Waals surface area contributed by atoms with Crippen LogP contribution in [0.5, 0.6) is 17.2 Å². The molecule has 0 bridgehead atoms. The molecule has 0 heterocycles. The van der Waals surface area contributed by atoms with Crippen LogP contribution in [-0.4, -0.2) is 38.3 Å². The van der Waals surface area contributed by atoms with E-state index in [9.17, 15) is 9.59 Å². The lowest BCUT2D eigenvalue weighted by Crippen LogP contribution is -2.14. The molecule has 29 heavy (non-hydrogen) atoms. The monoisotopic (exact) mass is 401 g/mol. The summed E-state index contributed by atoms with van der Waals surface area (Å²) in [6.07, 6.45) is 0. The van der Waals surface area contributed by atoms with Crippen molar-refractivity contribution in [3.63, 3.8) is 0 Å². The average molecular weight is 401 g/mol. The molecule has 7 nitrogen and oxygen atoms in total. The van der Waals surface area contributed by atoms with E-state index in [1.54, 1.807) is 43.3 Å². The predicted molar refractivity (Wildman–Crippen MR) is 110 cm³/mol. The second kappa shape index (κ2) is 10.9. The second-order valence-electron chi connectivity index (χ2n) is 5.86. The Morgan fingerprint density at radius 2 is 1.41 bits per heavy atom. The van der Waals surface area contributed by atoms with Gasteiger partial charge in [0.25, 0.3) is 5.91 Å². The number of nitrogens with one attached hydrogen (secondary N) is 1. The van der Waals surface area contributed by atoms with E-state index >= 15 is 0 Å². The number of ether oxygens (including phenoxy) is 4. The van der Waals surface area contributed by atoms with E-state index in [1.807, 2.05) is 20.8 Å². The van der Waals surface area contributed by atoms with Gasteiger partial charge in [0.15, 0.2) is 11.5 Å². The molecule has 0 spiro atoms. The Bertz CT molecular complexity index is 822. The highest BCUT2D eigenvalue weighted by atomic mass is 16.5. The zero-order valence-corrected chi connectivity index (χ0v) is 17.2. The topological polar surface area (TPSA) is 83.1 Å². The number of carbonyl (C=O) groups is 2. The van der Waals surface area contributed by atoms with Crippen LogP contribution >= 0.6 is 0 Å². The Labute approximate surface area is 170 Å². The zero-order valence-electron chi connectivity index (χ0n) is 17.2. The van der Waals surface area contributed by atoms with Gasteiger partial charge in [0.1, 0.15) is 0 Å². The number of esters is 1. The first kappa shape index (κ1) is 22.1. The molecule has 0 aliphatic heterocycles. The molecule has 2 aromatic carbocycles. The summed E-state index contributed by atoms with van der Waals surface area (Å²) in [7, 11) is 0. The first-order chi connectivity index (χ1) is 14.0. The Balaban J connectivity index is 2.32. The van der Waals surface area contributed by atoms with E-state index in [-0.39, 0.29) is 12.5 Å². The van der Waals surface area contributed by atoms with Crippen molar-refractivity contribution in [2.75, 3.05) is 31.7 Å². The normalized spacial score (nSPS) is 10.2. The Morgan fingerprint density at radius 1 is 0.793 bits per heavy atom. The molecule has 7 heteroatoms. The SMILES string of the molecule is CCOC(=O)c1cccc(NC(=O)c2cc(OCC)c(OCC)c(OCC)c2)c1. The minimum absolute atomic E-state index is 0.280. The van der Waals surface area contributed by atoms with Crippen LogP contribution in [0.25, 0.3) is 0 Å². The molecule has 0 aliphatic carbocycles. The van der Waals surface area contributed by atoms with Gasteiger partial charge >= 0.3 is 5.97 Å². The third-order valence-electron chi connectivity index (χ3n) is 3.80. The zero-order chi connectivity index (χ0) is 21.2. The van der Waals surface area contributed by atoms with Crippen LogP contribution < -0.4 is 19.5 Å². The molecule has 0 atom stereocenters. The molecular formula is C22H27NO6. The van der Waals surface area contributed by atoms with Crippen molar-refractivity contribution in [2.24, 2.45) is 0 Å². The highest BCUT2D eigenvalue weighted by Crippen LogP contribution is 2.39. The molecule has 0 fully saturated rings. The maximum Gasteiger partial charge on any atom is 0.338 e. The number of carbonyl (C=O) groups excluding carboxylic acids is 2. The van der Waals surface area contributed by atoms with Gasteiger partial charge in [0.2, 0.25) is 5.75 Å². The number of anilines is 1. The molecule has 0 saturated heterocycles. The lowest BCUT2D eigenvalue weighted by Gasteiger charge is -2.17. The van der Waals surface area contributed by atoms with E-state index in [1.165, 1.54) is 0 Å². The summed E-state index contributed by atoms with van der Waals surface area (Å²) < 4.78 is 22.0. The van der Waals surface area contributed by atoms with E-state index in [2.05, 4.69) is 5.32 Å². The summed E-state index contributed by atoms with van der Waals surface area (Å²) in [5.74, 6) is 0.534. The third kappa shape index (κ3) is 5.88. The van der Waals surface area contributed by atoms with Gasteiger partial charge in [-0.15, -0.1) is 0 Å². The number of hydrogen-bond donors (Lipinski definition) is 1. The van der Waals surface area contributed by atoms with Gasteiger partial charge in [-0.2, -0.15) is 0 Å². The lowest BCUT2D eigenvalue weighted by atomic mass is 10.1. The lowest BCUT2D eigenvalue weighted by molar-refractivity contribution is 0.0526. The van der Waals surface area contributed by atoms with Crippen LogP contribution in [0.3, 0.4) is 0 Å². The Hall–Kier alpha value is -3.22. The third-order valence-corrected chi connectivity index (χ3v) is 3.80. The molecule has 1 N–H and O–H groups in total. The smallest absolute Gasteiger partial charge is 0.338 e. The van der Waals surface area contributed by atoms with E-state index in [0.717, 1.165) is 0 Å². The quantitative estimate of drug-likeness (QED) is 0.597. The molecular weight excluding hydrogens is 374 g/mol.